The second-order valence-corrected chi connectivity index (χ2v) is 9.09. The molecule has 0 bridgehead atoms. The molecular formula is C14H26N2O4S. The molecule has 3 aliphatic rings. The fourth-order valence-corrected chi connectivity index (χ4v) is 5.97. The van der Waals surface area contributed by atoms with Crippen molar-refractivity contribution in [3.63, 3.8) is 0 Å². The Morgan fingerprint density at radius 2 is 2.19 bits per heavy atom. The summed E-state index contributed by atoms with van der Waals surface area (Å²) < 4.78 is 34.7. The second-order valence-electron chi connectivity index (χ2n) is 6.86. The molecule has 3 saturated heterocycles. The summed E-state index contributed by atoms with van der Waals surface area (Å²) in [5, 5.41) is 0. The highest BCUT2D eigenvalue weighted by atomic mass is 32.2. The average molecular weight is 318 g/mol. The number of nitrogens with one attached hydrogen (secondary N) is 1. The van der Waals surface area contributed by atoms with Crippen molar-refractivity contribution in [3.05, 3.63) is 0 Å². The van der Waals surface area contributed by atoms with Gasteiger partial charge >= 0.3 is 0 Å². The van der Waals surface area contributed by atoms with Crippen molar-refractivity contribution >= 4 is 9.84 Å². The van der Waals surface area contributed by atoms with E-state index in [1.807, 2.05) is 0 Å². The van der Waals surface area contributed by atoms with Crippen LogP contribution in [-0.4, -0.2) is 51.4 Å². The Kier molecular flexibility index (Phi) is 4.57. The molecule has 0 aliphatic carbocycles. The van der Waals surface area contributed by atoms with E-state index in [0.29, 0.717) is 24.0 Å². The summed E-state index contributed by atoms with van der Waals surface area (Å²) in [6.07, 6.45) is 4.52. The van der Waals surface area contributed by atoms with Gasteiger partial charge in [-0.1, -0.05) is 0 Å². The first kappa shape index (κ1) is 15.7. The molecule has 3 rings (SSSR count). The van der Waals surface area contributed by atoms with E-state index in [0.717, 1.165) is 45.3 Å². The minimum atomic E-state index is -2.82. The van der Waals surface area contributed by atoms with Crippen LogP contribution in [0.3, 0.4) is 0 Å². The smallest absolute Gasteiger partial charge is 0.150 e. The first-order valence-electron chi connectivity index (χ1n) is 7.90. The minimum Gasteiger partial charge on any atom is -0.378 e. The van der Waals surface area contributed by atoms with Crippen molar-refractivity contribution in [3.8, 4) is 0 Å². The zero-order valence-corrected chi connectivity index (χ0v) is 13.2. The van der Waals surface area contributed by atoms with E-state index in [-0.39, 0.29) is 17.6 Å². The predicted molar refractivity (Wildman–Crippen MR) is 79.3 cm³/mol. The van der Waals surface area contributed by atoms with Gasteiger partial charge in [0.05, 0.1) is 23.7 Å². The standard InChI is InChI=1S/C14H26N2O4S/c15-16-13(7-11-2-6-21(17,18)9-11)12-1-4-20-14(8-12)3-5-19-10-14/h11-13,16H,1-10,15H2. The zero-order valence-electron chi connectivity index (χ0n) is 12.4. The molecule has 0 radical (unpaired) electrons. The van der Waals surface area contributed by atoms with E-state index in [4.69, 9.17) is 15.3 Å². The first-order chi connectivity index (χ1) is 10.0. The van der Waals surface area contributed by atoms with E-state index in [9.17, 15) is 8.42 Å². The topological polar surface area (TPSA) is 90.7 Å². The van der Waals surface area contributed by atoms with Crippen molar-refractivity contribution in [1.29, 1.82) is 0 Å². The van der Waals surface area contributed by atoms with Crippen LogP contribution in [0.4, 0.5) is 0 Å². The van der Waals surface area contributed by atoms with Gasteiger partial charge < -0.3 is 9.47 Å². The van der Waals surface area contributed by atoms with Gasteiger partial charge in [-0.3, -0.25) is 11.3 Å². The van der Waals surface area contributed by atoms with Crippen LogP contribution in [0.5, 0.6) is 0 Å². The van der Waals surface area contributed by atoms with Crippen molar-refractivity contribution in [2.24, 2.45) is 17.7 Å². The third-order valence-electron chi connectivity index (χ3n) is 5.30. The van der Waals surface area contributed by atoms with E-state index in [1.54, 1.807) is 0 Å². The van der Waals surface area contributed by atoms with Crippen LogP contribution in [-0.2, 0) is 19.3 Å². The van der Waals surface area contributed by atoms with Crippen LogP contribution in [0.15, 0.2) is 0 Å². The van der Waals surface area contributed by atoms with Gasteiger partial charge in [0.1, 0.15) is 0 Å². The van der Waals surface area contributed by atoms with Crippen molar-refractivity contribution in [2.45, 2.75) is 43.7 Å². The third-order valence-corrected chi connectivity index (χ3v) is 7.13. The molecule has 7 heteroatoms. The summed E-state index contributed by atoms with van der Waals surface area (Å²) in [6, 6.07) is 0.171. The predicted octanol–water partition coefficient (Wildman–Crippen LogP) is 0.229. The Morgan fingerprint density at radius 3 is 2.81 bits per heavy atom. The van der Waals surface area contributed by atoms with E-state index in [1.165, 1.54) is 0 Å². The molecule has 4 atom stereocenters. The Balaban J connectivity index is 1.60. The second kappa shape index (κ2) is 6.12. The summed E-state index contributed by atoms with van der Waals surface area (Å²) in [5.74, 6) is 7.10. The summed E-state index contributed by atoms with van der Waals surface area (Å²) in [6.45, 7) is 2.20. The number of rotatable bonds is 4. The quantitative estimate of drug-likeness (QED) is 0.569. The fraction of sp³-hybridized carbons (Fsp3) is 1.00. The number of hydrogen-bond acceptors (Lipinski definition) is 6. The van der Waals surface area contributed by atoms with Crippen LogP contribution >= 0.6 is 0 Å². The van der Waals surface area contributed by atoms with Gasteiger partial charge in [0.15, 0.2) is 9.84 Å². The lowest BCUT2D eigenvalue weighted by molar-refractivity contribution is -0.104. The average Bonchev–Trinajstić information content (AvgIpc) is 3.03. The SMILES string of the molecule is NNC(CC1CCS(=O)(=O)C1)C1CCOC2(CCOC2)C1. The summed E-state index contributed by atoms with van der Waals surface area (Å²) in [4.78, 5) is 0. The molecule has 4 unspecified atom stereocenters. The largest absolute Gasteiger partial charge is 0.378 e. The van der Waals surface area contributed by atoms with Gasteiger partial charge in [-0.25, -0.2) is 8.42 Å². The lowest BCUT2D eigenvalue weighted by Gasteiger charge is -2.40. The molecule has 21 heavy (non-hydrogen) atoms. The van der Waals surface area contributed by atoms with Gasteiger partial charge in [-0.2, -0.15) is 0 Å². The third kappa shape index (κ3) is 3.59. The normalized spacial score (nSPS) is 40.6. The highest BCUT2D eigenvalue weighted by Crippen LogP contribution is 2.38. The van der Waals surface area contributed by atoms with Crippen LogP contribution < -0.4 is 11.3 Å². The van der Waals surface area contributed by atoms with Crippen LogP contribution in [0.25, 0.3) is 0 Å². The summed E-state index contributed by atoms with van der Waals surface area (Å²) >= 11 is 0. The Hall–Kier alpha value is -0.210. The van der Waals surface area contributed by atoms with Gasteiger partial charge in [0, 0.05) is 25.7 Å². The Bertz CT molecular complexity index is 462. The molecule has 3 fully saturated rings. The van der Waals surface area contributed by atoms with Crippen LogP contribution in [0.2, 0.25) is 0 Å². The number of hydrogen-bond donors (Lipinski definition) is 2. The Labute approximate surface area is 126 Å². The molecule has 1 spiro atoms. The molecule has 3 aliphatic heterocycles. The lowest BCUT2D eigenvalue weighted by Crippen LogP contribution is -2.49. The van der Waals surface area contributed by atoms with E-state index in [2.05, 4.69) is 5.43 Å². The molecule has 0 aromatic carbocycles. The highest BCUT2D eigenvalue weighted by Gasteiger charge is 2.43. The maximum absolute atomic E-state index is 11.6. The maximum Gasteiger partial charge on any atom is 0.150 e. The lowest BCUT2D eigenvalue weighted by atomic mass is 9.78. The number of ether oxygens (including phenoxy) is 2. The van der Waals surface area contributed by atoms with Crippen molar-refractivity contribution in [2.75, 3.05) is 31.3 Å². The molecule has 122 valence electrons. The molecule has 0 aromatic heterocycles. The van der Waals surface area contributed by atoms with Gasteiger partial charge in [0.2, 0.25) is 0 Å². The van der Waals surface area contributed by atoms with Crippen molar-refractivity contribution < 1.29 is 17.9 Å². The minimum absolute atomic E-state index is 0.125. The number of hydrazine groups is 1. The molecule has 0 amide bonds. The highest BCUT2D eigenvalue weighted by molar-refractivity contribution is 7.91. The van der Waals surface area contributed by atoms with Crippen molar-refractivity contribution in [1.82, 2.24) is 5.43 Å². The van der Waals surface area contributed by atoms with Crippen LogP contribution in [0.1, 0.15) is 32.1 Å². The maximum atomic E-state index is 11.6. The van der Waals surface area contributed by atoms with Gasteiger partial charge in [-0.05, 0) is 37.5 Å². The van der Waals surface area contributed by atoms with E-state index >= 15 is 0 Å². The van der Waals surface area contributed by atoms with Gasteiger partial charge in [0.25, 0.3) is 0 Å². The Morgan fingerprint density at radius 1 is 1.33 bits per heavy atom. The molecule has 0 aromatic rings. The molecule has 3 heterocycles. The number of sulfone groups is 1. The fourth-order valence-electron chi connectivity index (χ4n) is 4.09. The molecular weight excluding hydrogens is 292 g/mol. The van der Waals surface area contributed by atoms with Crippen LogP contribution in [0, 0.1) is 11.8 Å². The van der Waals surface area contributed by atoms with Gasteiger partial charge in [-0.15, -0.1) is 0 Å². The zero-order chi connectivity index (χ0) is 14.9. The molecule has 0 saturated carbocycles. The van der Waals surface area contributed by atoms with E-state index < -0.39 is 9.84 Å². The molecule has 6 nitrogen and oxygen atoms in total. The molecule has 3 N–H and O–H groups in total. The first-order valence-corrected chi connectivity index (χ1v) is 9.72. The summed E-state index contributed by atoms with van der Waals surface area (Å²) in [5.41, 5.74) is 2.82. The number of nitrogens with two attached hydrogens (primary N) is 1. The monoisotopic (exact) mass is 318 g/mol. The summed E-state index contributed by atoms with van der Waals surface area (Å²) in [7, 11) is -2.82.